The Morgan fingerprint density at radius 1 is 1.32 bits per heavy atom. The fourth-order valence-corrected chi connectivity index (χ4v) is 3.54. The SMILES string of the molecule is O=C(N/N=C/c1cccnc1)c1sc2cc(Cl)ccc2c1Cl. The van der Waals surface area contributed by atoms with Crippen LogP contribution in [-0.4, -0.2) is 17.1 Å². The molecular formula is C15H9Cl2N3OS. The van der Waals surface area contributed by atoms with Crippen LogP contribution < -0.4 is 5.43 Å². The summed E-state index contributed by atoms with van der Waals surface area (Å²) >= 11 is 13.5. The molecule has 1 N–H and O–H groups in total. The highest BCUT2D eigenvalue weighted by Gasteiger charge is 2.16. The minimum absolute atomic E-state index is 0.359. The average molecular weight is 350 g/mol. The van der Waals surface area contributed by atoms with E-state index in [0.29, 0.717) is 14.9 Å². The normalized spacial score (nSPS) is 11.2. The topological polar surface area (TPSA) is 54.4 Å². The molecule has 2 heterocycles. The number of nitrogens with zero attached hydrogens (tertiary/aromatic N) is 2. The average Bonchev–Trinajstić information content (AvgIpc) is 2.84. The Kier molecular flexibility index (Phi) is 4.38. The number of aromatic nitrogens is 1. The molecule has 0 saturated heterocycles. The van der Waals surface area contributed by atoms with Crippen LogP contribution in [0.4, 0.5) is 0 Å². The summed E-state index contributed by atoms with van der Waals surface area (Å²) in [5.74, 6) is -0.359. The summed E-state index contributed by atoms with van der Waals surface area (Å²) in [7, 11) is 0. The van der Waals surface area contributed by atoms with Gasteiger partial charge in [-0.3, -0.25) is 9.78 Å². The maximum absolute atomic E-state index is 12.2. The first-order valence-corrected chi connectivity index (χ1v) is 7.83. The summed E-state index contributed by atoms with van der Waals surface area (Å²) in [4.78, 5) is 16.5. The molecule has 0 aliphatic heterocycles. The van der Waals surface area contributed by atoms with Crippen LogP contribution in [0, 0.1) is 0 Å². The zero-order chi connectivity index (χ0) is 15.5. The van der Waals surface area contributed by atoms with Crippen LogP contribution in [0.2, 0.25) is 10.0 Å². The third-order valence-electron chi connectivity index (χ3n) is 2.86. The third-order valence-corrected chi connectivity index (χ3v) is 4.75. The fourth-order valence-electron chi connectivity index (χ4n) is 1.85. The molecule has 0 bridgehead atoms. The second-order valence-electron chi connectivity index (χ2n) is 4.37. The summed E-state index contributed by atoms with van der Waals surface area (Å²) < 4.78 is 0.860. The van der Waals surface area contributed by atoms with Gasteiger partial charge in [-0.1, -0.05) is 35.3 Å². The Hall–Kier alpha value is -1.95. The highest BCUT2D eigenvalue weighted by Crippen LogP contribution is 2.36. The summed E-state index contributed by atoms with van der Waals surface area (Å²) in [6, 6.07) is 8.94. The molecule has 1 amide bonds. The van der Waals surface area contributed by atoms with E-state index in [0.717, 1.165) is 15.6 Å². The maximum Gasteiger partial charge on any atom is 0.283 e. The highest BCUT2D eigenvalue weighted by molar-refractivity contribution is 7.21. The van der Waals surface area contributed by atoms with E-state index < -0.39 is 0 Å². The van der Waals surface area contributed by atoms with E-state index >= 15 is 0 Å². The first kappa shape index (κ1) is 15.0. The second kappa shape index (κ2) is 6.44. The molecule has 0 spiro atoms. The number of pyridine rings is 1. The number of hydrogen-bond acceptors (Lipinski definition) is 4. The number of nitrogens with one attached hydrogen (secondary N) is 1. The van der Waals surface area contributed by atoms with Gasteiger partial charge in [-0.25, -0.2) is 5.43 Å². The third kappa shape index (κ3) is 3.11. The van der Waals surface area contributed by atoms with Crippen LogP contribution in [0.5, 0.6) is 0 Å². The van der Waals surface area contributed by atoms with Crippen molar-refractivity contribution in [2.45, 2.75) is 0 Å². The highest BCUT2D eigenvalue weighted by atomic mass is 35.5. The van der Waals surface area contributed by atoms with E-state index in [1.54, 1.807) is 36.7 Å². The maximum atomic E-state index is 12.2. The molecule has 7 heteroatoms. The molecule has 0 fully saturated rings. The molecule has 0 saturated carbocycles. The number of carbonyl (C=O) groups excluding carboxylic acids is 1. The Morgan fingerprint density at radius 2 is 2.18 bits per heavy atom. The largest absolute Gasteiger partial charge is 0.283 e. The van der Waals surface area contributed by atoms with Gasteiger partial charge in [0.2, 0.25) is 0 Å². The van der Waals surface area contributed by atoms with E-state index in [1.807, 2.05) is 6.07 Å². The predicted octanol–water partition coefficient (Wildman–Crippen LogP) is 4.37. The van der Waals surface area contributed by atoms with Gasteiger partial charge >= 0.3 is 0 Å². The van der Waals surface area contributed by atoms with E-state index in [-0.39, 0.29) is 5.91 Å². The van der Waals surface area contributed by atoms with Crippen molar-refractivity contribution in [1.29, 1.82) is 0 Å². The predicted molar refractivity (Wildman–Crippen MR) is 91.1 cm³/mol. The minimum Gasteiger partial charge on any atom is -0.266 e. The quantitative estimate of drug-likeness (QED) is 0.563. The Labute approximate surface area is 140 Å². The monoisotopic (exact) mass is 349 g/mol. The Balaban J connectivity index is 1.80. The van der Waals surface area contributed by atoms with Crippen molar-refractivity contribution in [3.8, 4) is 0 Å². The lowest BCUT2D eigenvalue weighted by atomic mass is 10.2. The fraction of sp³-hybridized carbons (Fsp3) is 0. The van der Waals surface area contributed by atoms with Gasteiger partial charge in [0, 0.05) is 33.1 Å². The van der Waals surface area contributed by atoms with Gasteiger partial charge in [0.15, 0.2) is 0 Å². The molecule has 0 atom stereocenters. The molecule has 0 aliphatic carbocycles. The van der Waals surface area contributed by atoms with Gasteiger partial charge in [-0.2, -0.15) is 5.10 Å². The summed E-state index contributed by atoms with van der Waals surface area (Å²) in [6.45, 7) is 0. The van der Waals surface area contributed by atoms with Crippen molar-refractivity contribution in [3.05, 3.63) is 63.2 Å². The molecule has 22 heavy (non-hydrogen) atoms. The van der Waals surface area contributed by atoms with Gasteiger partial charge in [-0.05, 0) is 18.2 Å². The van der Waals surface area contributed by atoms with Crippen molar-refractivity contribution < 1.29 is 4.79 Å². The van der Waals surface area contributed by atoms with E-state index in [9.17, 15) is 4.79 Å². The Morgan fingerprint density at radius 3 is 2.95 bits per heavy atom. The number of fused-ring (bicyclic) bond motifs is 1. The van der Waals surface area contributed by atoms with Gasteiger partial charge in [0.1, 0.15) is 4.88 Å². The van der Waals surface area contributed by atoms with E-state index in [1.165, 1.54) is 17.6 Å². The number of amides is 1. The number of benzene rings is 1. The number of carbonyl (C=O) groups is 1. The number of hydrazone groups is 1. The summed E-state index contributed by atoms with van der Waals surface area (Å²) in [6.07, 6.45) is 4.82. The van der Waals surface area contributed by atoms with E-state index in [2.05, 4.69) is 15.5 Å². The smallest absolute Gasteiger partial charge is 0.266 e. The summed E-state index contributed by atoms with van der Waals surface area (Å²) in [5, 5.41) is 5.72. The molecule has 2 aromatic heterocycles. The molecule has 3 rings (SSSR count). The lowest BCUT2D eigenvalue weighted by molar-refractivity contribution is 0.0959. The molecule has 1 aromatic carbocycles. The van der Waals surface area contributed by atoms with Crippen LogP contribution >= 0.6 is 34.5 Å². The molecule has 0 unspecified atom stereocenters. The number of thiophene rings is 1. The zero-order valence-corrected chi connectivity index (χ0v) is 13.4. The van der Waals surface area contributed by atoms with Crippen LogP contribution in [0.25, 0.3) is 10.1 Å². The Bertz CT molecular complexity index is 862. The number of halogens is 2. The first-order valence-electron chi connectivity index (χ1n) is 6.26. The zero-order valence-electron chi connectivity index (χ0n) is 11.1. The number of rotatable bonds is 3. The lowest BCUT2D eigenvalue weighted by Gasteiger charge is -1.97. The second-order valence-corrected chi connectivity index (χ2v) is 6.24. The van der Waals surface area contributed by atoms with Crippen LogP contribution in [0.3, 0.4) is 0 Å². The molecule has 0 radical (unpaired) electrons. The van der Waals surface area contributed by atoms with Crippen molar-refractivity contribution in [2.24, 2.45) is 5.10 Å². The van der Waals surface area contributed by atoms with Crippen molar-refractivity contribution in [2.75, 3.05) is 0 Å². The van der Waals surface area contributed by atoms with Crippen molar-refractivity contribution in [3.63, 3.8) is 0 Å². The molecule has 110 valence electrons. The van der Waals surface area contributed by atoms with Gasteiger partial charge in [0.05, 0.1) is 11.2 Å². The van der Waals surface area contributed by atoms with Crippen molar-refractivity contribution in [1.82, 2.24) is 10.4 Å². The van der Waals surface area contributed by atoms with Crippen LogP contribution in [-0.2, 0) is 0 Å². The van der Waals surface area contributed by atoms with Crippen molar-refractivity contribution >= 4 is 56.7 Å². The first-order chi connectivity index (χ1) is 10.6. The molecular weight excluding hydrogens is 341 g/mol. The number of hydrogen-bond donors (Lipinski definition) is 1. The lowest BCUT2D eigenvalue weighted by Crippen LogP contribution is -2.16. The minimum atomic E-state index is -0.359. The molecule has 4 nitrogen and oxygen atoms in total. The van der Waals surface area contributed by atoms with E-state index in [4.69, 9.17) is 23.2 Å². The molecule has 0 aliphatic rings. The van der Waals surface area contributed by atoms with Crippen LogP contribution in [0.15, 0.2) is 47.8 Å². The summed E-state index contributed by atoms with van der Waals surface area (Å²) in [5.41, 5.74) is 3.25. The van der Waals surface area contributed by atoms with Gasteiger partial charge < -0.3 is 0 Å². The standard InChI is InChI=1S/C15H9Cl2N3OS/c16-10-3-4-11-12(6-10)22-14(13(11)17)15(21)20-19-8-9-2-1-5-18-7-9/h1-8H,(H,20,21)/b19-8+. The van der Waals surface area contributed by atoms with Gasteiger partial charge in [0.25, 0.3) is 5.91 Å². The molecule has 3 aromatic rings. The van der Waals surface area contributed by atoms with Crippen LogP contribution in [0.1, 0.15) is 15.2 Å². The van der Waals surface area contributed by atoms with Gasteiger partial charge in [-0.15, -0.1) is 11.3 Å².